The second kappa shape index (κ2) is 8.07. The molecule has 0 aliphatic carbocycles. The van der Waals surface area contributed by atoms with E-state index >= 15 is 0 Å². The van der Waals surface area contributed by atoms with Gasteiger partial charge in [-0.1, -0.05) is 12.1 Å². The minimum absolute atomic E-state index is 0.0532. The summed E-state index contributed by atoms with van der Waals surface area (Å²) in [6, 6.07) is 10.8. The molecule has 0 spiro atoms. The van der Waals surface area contributed by atoms with E-state index in [-0.39, 0.29) is 18.6 Å². The van der Waals surface area contributed by atoms with Gasteiger partial charge in [0.25, 0.3) is 0 Å². The lowest BCUT2D eigenvalue weighted by Gasteiger charge is -2.22. The second-order valence-corrected chi connectivity index (χ2v) is 6.47. The minimum atomic E-state index is -1.26. The molecule has 0 radical (unpaired) electrons. The van der Waals surface area contributed by atoms with Crippen molar-refractivity contribution >= 4 is 6.03 Å². The topological polar surface area (TPSA) is 83.7 Å². The lowest BCUT2D eigenvalue weighted by Crippen LogP contribution is -2.46. The molecule has 0 saturated carbocycles. The summed E-state index contributed by atoms with van der Waals surface area (Å²) < 4.78 is 10.6. The maximum Gasteiger partial charge on any atom is 0.315 e. The molecule has 0 bridgehead atoms. The smallest absolute Gasteiger partial charge is 0.315 e. The number of carbonyl (C=O) groups is 1. The van der Waals surface area contributed by atoms with Crippen molar-refractivity contribution in [3.63, 3.8) is 0 Å². The number of aryl methyl sites for hydroxylation is 1. The van der Waals surface area contributed by atoms with Crippen LogP contribution >= 0.6 is 0 Å². The van der Waals surface area contributed by atoms with Crippen molar-refractivity contribution in [2.45, 2.75) is 38.8 Å². The molecule has 25 heavy (non-hydrogen) atoms. The number of ether oxygens (including phenoxy) is 1. The van der Waals surface area contributed by atoms with Crippen LogP contribution in [-0.4, -0.2) is 30.8 Å². The number of hydrogen-bond donors (Lipinski definition) is 3. The first kappa shape index (κ1) is 18.9. The molecule has 1 aromatic carbocycles. The quantitative estimate of drug-likeness (QED) is 0.720. The Morgan fingerprint density at radius 2 is 2.12 bits per heavy atom. The van der Waals surface area contributed by atoms with Gasteiger partial charge < -0.3 is 24.9 Å². The monoisotopic (exact) mass is 346 g/mol. The van der Waals surface area contributed by atoms with E-state index in [0.29, 0.717) is 17.9 Å². The van der Waals surface area contributed by atoms with E-state index in [9.17, 15) is 9.90 Å². The molecule has 136 valence electrons. The van der Waals surface area contributed by atoms with Crippen LogP contribution in [0.4, 0.5) is 4.79 Å². The first-order valence-corrected chi connectivity index (χ1v) is 8.27. The average Bonchev–Trinajstić information content (AvgIpc) is 3.00. The first-order chi connectivity index (χ1) is 11.8. The number of carbonyl (C=O) groups excluding carboxylic acids is 1. The lowest BCUT2D eigenvalue weighted by atomic mass is 10.0. The van der Waals surface area contributed by atoms with Crippen LogP contribution in [0, 0.1) is 6.92 Å². The van der Waals surface area contributed by atoms with E-state index in [0.717, 1.165) is 11.3 Å². The van der Waals surface area contributed by atoms with Gasteiger partial charge in [0.15, 0.2) is 0 Å². The second-order valence-electron chi connectivity index (χ2n) is 6.47. The zero-order chi connectivity index (χ0) is 18.4. The highest BCUT2D eigenvalue weighted by Gasteiger charge is 2.27. The summed E-state index contributed by atoms with van der Waals surface area (Å²) in [5, 5.41) is 16.0. The van der Waals surface area contributed by atoms with Crippen molar-refractivity contribution in [1.29, 1.82) is 0 Å². The average molecular weight is 346 g/mol. The molecule has 3 N–H and O–H groups in total. The van der Waals surface area contributed by atoms with E-state index in [2.05, 4.69) is 10.6 Å². The lowest BCUT2D eigenvalue weighted by molar-refractivity contribution is 0.0359. The van der Waals surface area contributed by atoms with Gasteiger partial charge in [0.05, 0.1) is 13.7 Å². The third-order valence-electron chi connectivity index (χ3n) is 3.92. The molecule has 0 aliphatic heterocycles. The summed E-state index contributed by atoms with van der Waals surface area (Å²) in [5.41, 5.74) is -0.188. The summed E-state index contributed by atoms with van der Waals surface area (Å²) >= 11 is 0. The van der Waals surface area contributed by atoms with Crippen LogP contribution in [0.1, 0.15) is 30.9 Å². The van der Waals surface area contributed by atoms with E-state index in [1.165, 1.54) is 0 Å². The number of urea groups is 1. The Kier molecular flexibility index (Phi) is 6.09. The van der Waals surface area contributed by atoms with Gasteiger partial charge in [0.2, 0.25) is 0 Å². The molecule has 6 heteroatoms. The Balaban J connectivity index is 1.82. The standard InChI is InChI=1S/C19H26N2O4/c1-13(10-15-6-5-7-16(11-15)24-4)21-18(22)20-12-19(3,23)17-9-8-14(2)25-17/h5-9,11,13,23H,10,12H2,1-4H3,(H2,20,21,22)/t13-,19+/m0/s1. The zero-order valence-corrected chi connectivity index (χ0v) is 15.1. The van der Waals surface area contributed by atoms with Crippen molar-refractivity contribution in [2.75, 3.05) is 13.7 Å². The minimum Gasteiger partial charge on any atom is -0.497 e. The van der Waals surface area contributed by atoms with Crippen LogP contribution in [0.2, 0.25) is 0 Å². The van der Waals surface area contributed by atoms with Gasteiger partial charge in [-0.15, -0.1) is 0 Å². The summed E-state index contributed by atoms with van der Waals surface area (Å²) in [5.74, 6) is 1.93. The number of methoxy groups -OCH3 is 1. The number of amides is 2. The van der Waals surface area contributed by atoms with Gasteiger partial charge >= 0.3 is 6.03 Å². The highest BCUT2D eigenvalue weighted by atomic mass is 16.5. The number of rotatable bonds is 7. The zero-order valence-electron chi connectivity index (χ0n) is 15.1. The third kappa shape index (κ3) is 5.53. The predicted molar refractivity (Wildman–Crippen MR) is 95.7 cm³/mol. The van der Waals surface area contributed by atoms with E-state index in [4.69, 9.17) is 9.15 Å². The van der Waals surface area contributed by atoms with Crippen LogP contribution < -0.4 is 15.4 Å². The molecule has 2 rings (SSSR count). The molecule has 2 aromatic rings. The summed E-state index contributed by atoms with van der Waals surface area (Å²) in [6.07, 6.45) is 0.679. The number of nitrogens with one attached hydrogen (secondary N) is 2. The molecule has 6 nitrogen and oxygen atoms in total. The Bertz CT molecular complexity index is 709. The molecule has 1 aromatic heterocycles. The maximum atomic E-state index is 12.1. The van der Waals surface area contributed by atoms with Crippen molar-refractivity contribution in [3.05, 3.63) is 53.5 Å². The molecule has 0 aliphatic rings. The summed E-state index contributed by atoms with van der Waals surface area (Å²) in [4.78, 5) is 12.1. The SMILES string of the molecule is COc1cccc(C[C@H](C)NC(=O)NC[C@@](C)(O)c2ccc(C)o2)c1. The molecule has 1 heterocycles. The molecule has 0 saturated heterocycles. The highest BCUT2D eigenvalue weighted by Crippen LogP contribution is 2.21. The number of aliphatic hydroxyl groups is 1. The molecular weight excluding hydrogens is 320 g/mol. The largest absolute Gasteiger partial charge is 0.497 e. The van der Waals surface area contributed by atoms with Gasteiger partial charge in [0.1, 0.15) is 22.9 Å². The van der Waals surface area contributed by atoms with Crippen LogP contribution in [0.5, 0.6) is 5.75 Å². The third-order valence-corrected chi connectivity index (χ3v) is 3.92. The fourth-order valence-corrected chi connectivity index (χ4v) is 2.54. The number of benzene rings is 1. The predicted octanol–water partition coefficient (Wildman–Crippen LogP) is 2.73. The van der Waals surface area contributed by atoms with Crippen LogP contribution in [-0.2, 0) is 12.0 Å². The Morgan fingerprint density at radius 1 is 1.36 bits per heavy atom. The Labute approximate surface area is 148 Å². The van der Waals surface area contributed by atoms with Crippen molar-refractivity contribution < 1.29 is 19.1 Å². The molecule has 2 atom stereocenters. The molecular formula is C19H26N2O4. The van der Waals surface area contributed by atoms with Gasteiger partial charge in [-0.2, -0.15) is 0 Å². The van der Waals surface area contributed by atoms with E-state index in [1.807, 2.05) is 31.2 Å². The fraction of sp³-hybridized carbons (Fsp3) is 0.421. The Morgan fingerprint density at radius 3 is 2.76 bits per heavy atom. The van der Waals surface area contributed by atoms with Crippen LogP contribution in [0.25, 0.3) is 0 Å². The number of furan rings is 1. The molecule has 0 unspecified atom stereocenters. The van der Waals surface area contributed by atoms with Gasteiger partial charge in [0, 0.05) is 6.04 Å². The summed E-state index contributed by atoms with van der Waals surface area (Å²) in [7, 11) is 1.63. The Hall–Kier alpha value is -2.47. The van der Waals surface area contributed by atoms with Crippen LogP contribution in [0.3, 0.4) is 0 Å². The number of hydrogen-bond acceptors (Lipinski definition) is 4. The van der Waals surface area contributed by atoms with Gasteiger partial charge in [-0.05, 0) is 57.0 Å². The van der Waals surface area contributed by atoms with E-state index in [1.54, 1.807) is 33.1 Å². The molecule has 0 fully saturated rings. The molecule has 2 amide bonds. The van der Waals surface area contributed by atoms with Crippen molar-refractivity contribution in [1.82, 2.24) is 10.6 Å². The maximum absolute atomic E-state index is 12.1. The fourth-order valence-electron chi connectivity index (χ4n) is 2.54. The van der Waals surface area contributed by atoms with E-state index < -0.39 is 5.60 Å². The van der Waals surface area contributed by atoms with Crippen molar-refractivity contribution in [3.8, 4) is 5.75 Å². The van der Waals surface area contributed by atoms with Crippen LogP contribution in [0.15, 0.2) is 40.8 Å². The van der Waals surface area contributed by atoms with Gasteiger partial charge in [-0.3, -0.25) is 0 Å². The summed E-state index contributed by atoms with van der Waals surface area (Å²) in [6.45, 7) is 5.38. The van der Waals surface area contributed by atoms with Gasteiger partial charge in [-0.25, -0.2) is 4.79 Å². The first-order valence-electron chi connectivity index (χ1n) is 8.27. The normalized spacial score (nSPS) is 14.4. The highest BCUT2D eigenvalue weighted by molar-refractivity contribution is 5.74. The van der Waals surface area contributed by atoms with Crippen molar-refractivity contribution in [2.24, 2.45) is 0 Å².